The average Bonchev–Trinajstić information content (AvgIpc) is 2.61. The third-order valence-electron chi connectivity index (χ3n) is 2.10. The number of hydrogen-bond donors (Lipinski definition) is 1. The van der Waals surface area contributed by atoms with Crippen LogP contribution in [0.5, 0.6) is 0 Å². The van der Waals surface area contributed by atoms with E-state index in [2.05, 4.69) is 10.1 Å². The second-order valence-corrected chi connectivity index (χ2v) is 4.14. The number of rotatable bonds is 2. The minimum atomic E-state index is -1.18. The second kappa shape index (κ2) is 4.35. The topological polar surface area (TPSA) is 68.0 Å². The average molecular weight is 272 g/mol. The van der Waals surface area contributed by atoms with Crippen LogP contribution in [-0.2, 0) is 0 Å². The number of hydrogen-bond acceptors (Lipinski definition) is 3. The summed E-state index contributed by atoms with van der Waals surface area (Å²) in [5, 5.41) is 13.5. The highest BCUT2D eigenvalue weighted by atomic mass is 35.5. The Morgan fingerprint density at radius 2 is 2.12 bits per heavy atom. The number of halogens is 2. The first kappa shape index (κ1) is 11.9. The summed E-state index contributed by atoms with van der Waals surface area (Å²) in [7, 11) is 0. The molecule has 7 heteroatoms. The molecular weight excluding hydrogens is 265 g/mol. The van der Waals surface area contributed by atoms with Crippen LogP contribution in [0.25, 0.3) is 5.69 Å². The van der Waals surface area contributed by atoms with Gasteiger partial charge in [-0.3, -0.25) is 0 Å². The number of carboxylic acid groups (broad SMARTS) is 1. The lowest BCUT2D eigenvalue weighted by molar-refractivity contribution is 0.0683. The number of carboxylic acids is 1. The Kier molecular flexibility index (Phi) is 3.04. The fourth-order valence-corrected chi connectivity index (χ4v) is 1.85. The molecule has 0 fully saturated rings. The van der Waals surface area contributed by atoms with Gasteiger partial charge in [0.05, 0.1) is 10.7 Å². The molecule has 0 saturated heterocycles. The summed E-state index contributed by atoms with van der Waals surface area (Å²) in [4.78, 5) is 14.6. The minimum Gasteiger partial charge on any atom is -0.475 e. The minimum absolute atomic E-state index is 0.270. The van der Waals surface area contributed by atoms with Gasteiger partial charge in [-0.15, -0.1) is 5.10 Å². The molecule has 88 valence electrons. The molecule has 1 heterocycles. The molecule has 0 unspecified atom stereocenters. The first-order chi connectivity index (χ1) is 7.99. The largest absolute Gasteiger partial charge is 0.475 e. The van der Waals surface area contributed by atoms with Crippen molar-refractivity contribution in [3.05, 3.63) is 39.9 Å². The van der Waals surface area contributed by atoms with Crippen LogP contribution in [0.2, 0.25) is 10.0 Å². The first-order valence-electron chi connectivity index (χ1n) is 4.61. The highest BCUT2D eigenvalue weighted by molar-refractivity contribution is 6.35. The van der Waals surface area contributed by atoms with Crippen molar-refractivity contribution in [3.63, 3.8) is 0 Å². The van der Waals surface area contributed by atoms with Crippen LogP contribution in [0, 0.1) is 6.92 Å². The number of benzene rings is 1. The Hall–Kier alpha value is -1.59. The van der Waals surface area contributed by atoms with Gasteiger partial charge >= 0.3 is 5.97 Å². The molecule has 0 radical (unpaired) electrons. The molecule has 0 aliphatic heterocycles. The summed E-state index contributed by atoms with van der Waals surface area (Å²) in [5.41, 5.74) is 0.536. The van der Waals surface area contributed by atoms with Crippen molar-refractivity contribution in [2.75, 3.05) is 0 Å². The highest BCUT2D eigenvalue weighted by Crippen LogP contribution is 2.24. The smallest absolute Gasteiger partial charge is 0.375 e. The predicted molar refractivity (Wildman–Crippen MR) is 63.1 cm³/mol. The van der Waals surface area contributed by atoms with Gasteiger partial charge in [0.1, 0.15) is 5.82 Å². The van der Waals surface area contributed by atoms with E-state index in [0.717, 1.165) is 0 Å². The Labute approximate surface area is 107 Å². The van der Waals surface area contributed by atoms with Crippen LogP contribution in [0.3, 0.4) is 0 Å². The zero-order valence-electron chi connectivity index (χ0n) is 8.69. The Balaban J connectivity index is 2.56. The SMILES string of the molecule is Cc1nc(C(=O)O)nn1-c1ccc(Cl)cc1Cl. The fourth-order valence-electron chi connectivity index (χ4n) is 1.36. The van der Waals surface area contributed by atoms with Crippen LogP contribution in [0.1, 0.15) is 16.4 Å². The van der Waals surface area contributed by atoms with Crippen molar-refractivity contribution in [2.24, 2.45) is 0 Å². The molecule has 17 heavy (non-hydrogen) atoms. The van der Waals surface area contributed by atoms with Gasteiger partial charge in [-0.25, -0.2) is 14.5 Å². The van der Waals surface area contributed by atoms with E-state index in [-0.39, 0.29) is 5.82 Å². The summed E-state index contributed by atoms with van der Waals surface area (Å²) in [5.74, 6) is -1.02. The van der Waals surface area contributed by atoms with E-state index in [0.29, 0.717) is 21.6 Å². The Morgan fingerprint density at radius 1 is 1.41 bits per heavy atom. The van der Waals surface area contributed by atoms with Crippen LogP contribution in [-0.4, -0.2) is 25.8 Å². The Bertz CT molecular complexity index is 595. The fraction of sp³-hybridized carbons (Fsp3) is 0.100. The molecule has 1 aromatic carbocycles. The molecule has 0 amide bonds. The van der Waals surface area contributed by atoms with Crippen molar-refractivity contribution in [1.82, 2.24) is 14.8 Å². The van der Waals surface area contributed by atoms with Crippen molar-refractivity contribution in [1.29, 1.82) is 0 Å². The molecule has 0 spiro atoms. The van der Waals surface area contributed by atoms with Crippen LogP contribution < -0.4 is 0 Å². The van der Waals surface area contributed by atoms with Gasteiger partial charge in [0.15, 0.2) is 0 Å². The molecule has 0 aliphatic rings. The molecule has 0 aliphatic carbocycles. The Morgan fingerprint density at radius 3 is 2.65 bits per heavy atom. The van der Waals surface area contributed by atoms with Crippen molar-refractivity contribution in [3.8, 4) is 5.69 Å². The van der Waals surface area contributed by atoms with E-state index in [1.54, 1.807) is 25.1 Å². The normalized spacial score (nSPS) is 10.5. The van der Waals surface area contributed by atoms with E-state index < -0.39 is 5.97 Å². The van der Waals surface area contributed by atoms with Gasteiger partial charge in [0, 0.05) is 5.02 Å². The second-order valence-electron chi connectivity index (χ2n) is 3.30. The van der Waals surface area contributed by atoms with Crippen molar-refractivity contribution >= 4 is 29.2 Å². The maximum atomic E-state index is 10.7. The van der Waals surface area contributed by atoms with E-state index in [9.17, 15) is 4.79 Å². The zero-order chi connectivity index (χ0) is 12.6. The van der Waals surface area contributed by atoms with Gasteiger partial charge in [-0.1, -0.05) is 23.2 Å². The van der Waals surface area contributed by atoms with Crippen LogP contribution in [0.15, 0.2) is 18.2 Å². The van der Waals surface area contributed by atoms with E-state index in [1.807, 2.05) is 0 Å². The summed E-state index contributed by atoms with van der Waals surface area (Å²) in [6, 6.07) is 4.85. The summed E-state index contributed by atoms with van der Waals surface area (Å²) in [6.07, 6.45) is 0. The lowest BCUT2D eigenvalue weighted by Gasteiger charge is -2.05. The number of aromatic carboxylic acids is 1. The quantitative estimate of drug-likeness (QED) is 0.912. The summed E-state index contributed by atoms with van der Waals surface area (Å²) in [6.45, 7) is 1.64. The van der Waals surface area contributed by atoms with E-state index >= 15 is 0 Å². The number of aromatic nitrogens is 3. The summed E-state index contributed by atoms with van der Waals surface area (Å²) < 4.78 is 1.36. The maximum absolute atomic E-state index is 10.7. The third kappa shape index (κ3) is 2.25. The van der Waals surface area contributed by atoms with Gasteiger partial charge in [0.25, 0.3) is 5.82 Å². The third-order valence-corrected chi connectivity index (χ3v) is 2.64. The van der Waals surface area contributed by atoms with Gasteiger partial charge in [-0.05, 0) is 25.1 Å². The molecule has 1 N–H and O–H groups in total. The van der Waals surface area contributed by atoms with Gasteiger partial charge in [0.2, 0.25) is 0 Å². The molecule has 2 rings (SSSR count). The van der Waals surface area contributed by atoms with Crippen molar-refractivity contribution in [2.45, 2.75) is 6.92 Å². The van der Waals surface area contributed by atoms with Crippen LogP contribution >= 0.6 is 23.2 Å². The molecule has 5 nitrogen and oxygen atoms in total. The van der Waals surface area contributed by atoms with E-state index in [4.69, 9.17) is 28.3 Å². The molecule has 2 aromatic rings. The van der Waals surface area contributed by atoms with Gasteiger partial charge < -0.3 is 5.11 Å². The lowest BCUT2D eigenvalue weighted by atomic mass is 10.3. The predicted octanol–water partition coefficient (Wildman–Crippen LogP) is 2.58. The molecular formula is C10H7Cl2N3O2. The molecule has 0 saturated carbocycles. The van der Waals surface area contributed by atoms with Crippen LogP contribution in [0.4, 0.5) is 0 Å². The van der Waals surface area contributed by atoms with Crippen molar-refractivity contribution < 1.29 is 9.90 Å². The highest BCUT2D eigenvalue weighted by Gasteiger charge is 2.15. The molecule has 0 bridgehead atoms. The maximum Gasteiger partial charge on any atom is 0.375 e. The summed E-state index contributed by atoms with van der Waals surface area (Å²) >= 11 is 11.8. The van der Waals surface area contributed by atoms with E-state index in [1.165, 1.54) is 4.68 Å². The molecule has 0 atom stereocenters. The number of aryl methyl sites for hydroxylation is 1. The number of nitrogens with zero attached hydrogens (tertiary/aromatic N) is 3. The molecule has 1 aromatic heterocycles. The zero-order valence-corrected chi connectivity index (χ0v) is 10.2. The first-order valence-corrected chi connectivity index (χ1v) is 5.37. The standard InChI is InChI=1S/C10H7Cl2N3O2/c1-5-13-9(10(16)17)14-15(5)8-3-2-6(11)4-7(8)12/h2-4H,1H3,(H,16,17). The lowest BCUT2D eigenvalue weighted by Crippen LogP contribution is -2.02. The van der Waals surface area contributed by atoms with Gasteiger partial charge in [-0.2, -0.15) is 0 Å². The monoisotopic (exact) mass is 271 g/mol. The number of carbonyl (C=O) groups is 1.